The lowest BCUT2D eigenvalue weighted by molar-refractivity contribution is 0.0381. The molecule has 1 aliphatic heterocycles. The summed E-state index contributed by atoms with van der Waals surface area (Å²) in [6, 6.07) is 11.4. The van der Waals surface area contributed by atoms with Crippen LogP contribution in [0.1, 0.15) is 32.8 Å². The number of ether oxygens (including phenoxy) is 1. The smallest absolute Gasteiger partial charge is 0.0594 e. The molecule has 0 radical (unpaired) electrons. The van der Waals surface area contributed by atoms with Gasteiger partial charge in [0.1, 0.15) is 0 Å². The Kier molecular flexibility index (Phi) is 6.22. The van der Waals surface area contributed by atoms with Gasteiger partial charge in [-0.2, -0.15) is 0 Å². The normalized spacial score (nSPS) is 18.6. The average Bonchev–Trinajstić information content (AvgIpc) is 2.49. The van der Waals surface area contributed by atoms with Crippen LogP contribution in [0.25, 0.3) is 0 Å². The van der Waals surface area contributed by atoms with Crippen molar-refractivity contribution in [1.82, 2.24) is 10.2 Å². The summed E-state index contributed by atoms with van der Waals surface area (Å²) in [4.78, 5) is 2.48. The minimum Gasteiger partial charge on any atom is -0.379 e. The van der Waals surface area contributed by atoms with E-state index in [9.17, 15) is 0 Å². The molecule has 1 unspecified atom stereocenters. The first-order valence-electron chi connectivity index (χ1n) is 8.17. The van der Waals surface area contributed by atoms with Crippen LogP contribution < -0.4 is 5.32 Å². The zero-order valence-electron chi connectivity index (χ0n) is 13.8. The fraction of sp³-hybridized carbons (Fsp3) is 0.667. The van der Waals surface area contributed by atoms with Gasteiger partial charge in [-0.1, -0.05) is 44.2 Å². The van der Waals surface area contributed by atoms with Gasteiger partial charge in [-0.3, -0.25) is 4.90 Å². The first-order chi connectivity index (χ1) is 10.1. The van der Waals surface area contributed by atoms with Crippen molar-refractivity contribution in [3.63, 3.8) is 0 Å². The Labute approximate surface area is 129 Å². The van der Waals surface area contributed by atoms with Gasteiger partial charge in [0.15, 0.2) is 0 Å². The van der Waals surface area contributed by atoms with Crippen molar-refractivity contribution in [2.24, 2.45) is 0 Å². The van der Waals surface area contributed by atoms with Crippen LogP contribution in [0.2, 0.25) is 0 Å². The van der Waals surface area contributed by atoms with Gasteiger partial charge >= 0.3 is 0 Å². The molecule has 1 atom stereocenters. The molecule has 0 spiro atoms. The molecule has 118 valence electrons. The van der Waals surface area contributed by atoms with Crippen molar-refractivity contribution in [2.75, 3.05) is 39.4 Å². The minimum absolute atomic E-state index is 0.215. The highest BCUT2D eigenvalue weighted by Crippen LogP contribution is 2.27. The van der Waals surface area contributed by atoms with Crippen LogP contribution in [-0.2, 0) is 10.2 Å². The molecule has 0 aliphatic carbocycles. The number of hydrogen-bond acceptors (Lipinski definition) is 3. The maximum Gasteiger partial charge on any atom is 0.0594 e. The Hall–Kier alpha value is -0.900. The highest BCUT2D eigenvalue weighted by molar-refractivity contribution is 5.23. The largest absolute Gasteiger partial charge is 0.379 e. The van der Waals surface area contributed by atoms with E-state index in [1.165, 1.54) is 5.56 Å². The third-order valence-corrected chi connectivity index (χ3v) is 4.40. The van der Waals surface area contributed by atoms with E-state index in [2.05, 4.69) is 61.3 Å². The van der Waals surface area contributed by atoms with Crippen molar-refractivity contribution >= 4 is 0 Å². The number of nitrogens with one attached hydrogen (secondary N) is 1. The molecular weight excluding hydrogens is 260 g/mol. The Balaban J connectivity index is 1.72. The number of benzene rings is 1. The molecule has 21 heavy (non-hydrogen) atoms. The van der Waals surface area contributed by atoms with Crippen molar-refractivity contribution in [3.05, 3.63) is 35.9 Å². The second-order valence-electron chi connectivity index (χ2n) is 6.76. The third kappa shape index (κ3) is 5.42. The number of nitrogens with zero attached hydrogens (tertiary/aromatic N) is 1. The Morgan fingerprint density at radius 3 is 2.52 bits per heavy atom. The fourth-order valence-corrected chi connectivity index (χ4v) is 3.14. The zero-order chi connectivity index (χ0) is 15.1. The predicted molar refractivity (Wildman–Crippen MR) is 88.8 cm³/mol. The molecule has 1 saturated heterocycles. The Bertz CT molecular complexity index is 399. The van der Waals surface area contributed by atoms with Crippen molar-refractivity contribution in [1.29, 1.82) is 0 Å². The van der Waals surface area contributed by atoms with Crippen LogP contribution in [0.4, 0.5) is 0 Å². The van der Waals surface area contributed by atoms with Gasteiger partial charge in [0, 0.05) is 32.2 Å². The summed E-state index contributed by atoms with van der Waals surface area (Å²) in [5, 5.41) is 3.67. The molecule has 0 bridgehead atoms. The van der Waals surface area contributed by atoms with Crippen LogP contribution >= 0.6 is 0 Å². The van der Waals surface area contributed by atoms with Gasteiger partial charge in [0.25, 0.3) is 0 Å². The van der Waals surface area contributed by atoms with E-state index in [0.29, 0.717) is 6.04 Å². The lowest BCUT2D eigenvalue weighted by Gasteiger charge is -2.30. The van der Waals surface area contributed by atoms with Crippen LogP contribution in [0.15, 0.2) is 30.3 Å². The molecule has 1 heterocycles. The van der Waals surface area contributed by atoms with E-state index >= 15 is 0 Å². The summed E-state index contributed by atoms with van der Waals surface area (Å²) < 4.78 is 5.38. The van der Waals surface area contributed by atoms with Gasteiger partial charge < -0.3 is 10.1 Å². The first kappa shape index (κ1) is 16.5. The summed E-state index contributed by atoms with van der Waals surface area (Å²) in [7, 11) is 0. The first-order valence-corrected chi connectivity index (χ1v) is 8.17. The van der Waals surface area contributed by atoms with Gasteiger partial charge in [-0.05, 0) is 24.3 Å². The summed E-state index contributed by atoms with van der Waals surface area (Å²) in [5.74, 6) is 0. The van der Waals surface area contributed by atoms with Gasteiger partial charge in [0.2, 0.25) is 0 Å². The van der Waals surface area contributed by atoms with E-state index in [-0.39, 0.29) is 5.41 Å². The SMILES string of the molecule is CC(CC(C)(C)c1ccccc1)NCCN1CCOCC1. The highest BCUT2D eigenvalue weighted by Gasteiger charge is 2.23. The molecule has 1 aliphatic rings. The molecule has 3 nitrogen and oxygen atoms in total. The van der Waals surface area contributed by atoms with E-state index in [4.69, 9.17) is 4.74 Å². The Morgan fingerprint density at radius 1 is 1.19 bits per heavy atom. The number of rotatable bonds is 7. The van der Waals surface area contributed by atoms with Gasteiger partial charge in [-0.15, -0.1) is 0 Å². The van der Waals surface area contributed by atoms with E-state index in [0.717, 1.165) is 45.8 Å². The molecule has 2 rings (SSSR count). The maximum atomic E-state index is 5.38. The van der Waals surface area contributed by atoms with Crippen molar-refractivity contribution < 1.29 is 4.74 Å². The summed E-state index contributed by atoms with van der Waals surface area (Å²) in [5.41, 5.74) is 1.64. The monoisotopic (exact) mass is 290 g/mol. The molecule has 3 heteroatoms. The zero-order valence-corrected chi connectivity index (χ0v) is 13.8. The summed E-state index contributed by atoms with van der Waals surface area (Å²) in [6.07, 6.45) is 1.15. The third-order valence-electron chi connectivity index (χ3n) is 4.40. The van der Waals surface area contributed by atoms with Crippen molar-refractivity contribution in [2.45, 2.75) is 38.6 Å². The quantitative estimate of drug-likeness (QED) is 0.835. The lowest BCUT2D eigenvalue weighted by atomic mass is 9.79. The lowest BCUT2D eigenvalue weighted by Crippen LogP contribution is -2.42. The average molecular weight is 290 g/mol. The molecule has 0 amide bonds. The molecule has 1 aromatic carbocycles. The van der Waals surface area contributed by atoms with E-state index < -0.39 is 0 Å². The number of morpholine rings is 1. The van der Waals surface area contributed by atoms with Crippen LogP contribution in [0.3, 0.4) is 0 Å². The Morgan fingerprint density at radius 2 is 1.86 bits per heavy atom. The van der Waals surface area contributed by atoms with Crippen LogP contribution in [0.5, 0.6) is 0 Å². The fourth-order valence-electron chi connectivity index (χ4n) is 3.14. The summed E-state index contributed by atoms with van der Waals surface area (Å²) >= 11 is 0. The minimum atomic E-state index is 0.215. The maximum absolute atomic E-state index is 5.38. The summed E-state index contributed by atoms with van der Waals surface area (Å²) in [6.45, 7) is 13.1. The topological polar surface area (TPSA) is 24.5 Å². The molecule has 1 fully saturated rings. The van der Waals surface area contributed by atoms with E-state index in [1.54, 1.807) is 0 Å². The van der Waals surface area contributed by atoms with E-state index in [1.807, 2.05) is 0 Å². The molecule has 1 N–H and O–H groups in total. The molecule has 1 aromatic rings. The second kappa shape index (κ2) is 7.92. The standard InChI is InChI=1S/C18H30N2O/c1-16(19-9-10-20-11-13-21-14-12-20)15-18(2,3)17-7-5-4-6-8-17/h4-8,16,19H,9-15H2,1-3H3. The van der Waals surface area contributed by atoms with Crippen molar-refractivity contribution in [3.8, 4) is 0 Å². The van der Waals surface area contributed by atoms with Crippen LogP contribution in [-0.4, -0.2) is 50.3 Å². The van der Waals surface area contributed by atoms with Gasteiger partial charge in [0.05, 0.1) is 13.2 Å². The molecule has 0 aromatic heterocycles. The number of hydrogen-bond donors (Lipinski definition) is 1. The van der Waals surface area contributed by atoms with Crippen LogP contribution in [0, 0.1) is 0 Å². The molecular formula is C18H30N2O. The highest BCUT2D eigenvalue weighted by atomic mass is 16.5. The second-order valence-corrected chi connectivity index (χ2v) is 6.76. The molecule has 0 saturated carbocycles. The predicted octanol–water partition coefficient (Wildman–Crippen LogP) is 2.66. The van der Waals surface area contributed by atoms with Gasteiger partial charge in [-0.25, -0.2) is 0 Å².